The van der Waals surface area contributed by atoms with Gasteiger partial charge in [-0.05, 0) is 32.4 Å². The highest BCUT2D eigenvalue weighted by Gasteiger charge is 2.36. The molecule has 0 saturated carbocycles. The van der Waals surface area contributed by atoms with Crippen molar-refractivity contribution in [1.82, 2.24) is 14.3 Å². The number of hydrogen-bond donors (Lipinski definition) is 0. The summed E-state index contributed by atoms with van der Waals surface area (Å²) in [4.78, 5) is 31.6. The van der Waals surface area contributed by atoms with E-state index in [2.05, 4.69) is 4.98 Å². The second kappa shape index (κ2) is 6.57. The lowest BCUT2D eigenvalue weighted by Crippen LogP contribution is -2.56. The van der Waals surface area contributed by atoms with Crippen LogP contribution in [0.5, 0.6) is 0 Å². The molecular weight excluding hydrogens is 322 g/mol. The number of carbonyl (C=O) groups is 1. The monoisotopic (exact) mass is 345 g/mol. The summed E-state index contributed by atoms with van der Waals surface area (Å²) in [5, 5.41) is 0. The van der Waals surface area contributed by atoms with Gasteiger partial charge in [-0.1, -0.05) is 6.07 Å². The van der Waals surface area contributed by atoms with Crippen LogP contribution in [0.1, 0.15) is 29.8 Å². The van der Waals surface area contributed by atoms with E-state index in [1.807, 2.05) is 26.8 Å². The van der Waals surface area contributed by atoms with E-state index >= 15 is 0 Å². The fraction of sp³-hybridized carbons (Fsp3) is 0.500. The standard InChI is InChI=1S/C18H23N3O4/c1-12-5-6-15-19-7-14(17(23)21(15)8-12)16(22)20-9-13(10-24-4)25-18(2,3)11-20/h5-8,13H,9-11H2,1-4H3/t13-/m1/s1. The van der Waals surface area contributed by atoms with Crippen molar-refractivity contribution in [2.45, 2.75) is 32.5 Å². The van der Waals surface area contributed by atoms with E-state index in [4.69, 9.17) is 9.47 Å². The number of aryl methyl sites for hydroxylation is 1. The fourth-order valence-electron chi connectivity index (χ4n) is 3.22. The van der Waals surface area contributed by atoms with Gasteiger partial charge in [-0.25, -0.2) is 4.98 Å². The van der Waals surface area contributed by atoms with Gasteiger partial charge in [0.15, 0.2) is 0 Å². The maximum Gasteiger partial charge on any atom is 0.270 e. The highest BCUT2D eigenvalue weighted by molar-refractivity contribution is 5.94. The van der Waals surface area contributed by atoms with E-state index in [0.29, 0.717) is 25.3 Å². The Morgan fingerprint density at radius 3 is 2.92 bits per heavy atom. The maximum atomic E-state index is 13.0. The molecule has 0 unspecified atom stereocenters. The predicted octanol–water partition coefficient (Wildman–Crippen LogP) is 1.27. The minimum atomic E-state index is -0.506. The van der Waals surface area contributed by atoms with Gasteiger partial charge in [0.2, 0.25) is 0 Å². The Morgan fingerprint density at radius 2 is 2.20 bits per heavy atom. The quantitative estimate of drug-likeness (QED) is 0.838. The Morgan fingerprint density at radius 1 is 1.44 bits per heavy atom. The first-order chi connectivity index (χ1) is 11.8. The van der Waals surface area contributed by atoms with Crippen molar-refractivity contribution in [3.05, 3.63) is 46.0 Å². The second-order valence-electron chi connectivity index (χ2n) is 7.05. The van der Waals surface area contributed by atoms with Crippen molar-refractivity contribution in [1.29, 1.82) is 0 Å². The Kier molecular flexibility index (Phi) is 4.62. The Labute approximate surface area is 146 Å². The number of amides is 1. The van der Waals surface area contributed by atoms with Gasteiger partial charge in [-0.2, -0.15) is 0 Å². The van der Waals surface area contributed by atoms with Crippen LogP contribution in [0, 0.1) is 6.92 Å². The molecule has 0 spiro atoms. The lowest BCUT2D eigenvalue weighted by molar-refractivity contribution is -0.143. The fourth-order valence-corrected chi connectivity index (χ4v) is 3.22. The smallest absolute Gasteiger partial charge is 0.270 e. The molecule has 2 aromatic heterocycles. The average molecular weight is 345 g/mol. The zero-order valence-corrected chi connectivity index (χ0v) is 15.0. The number of rotatable bonds is 3. The van der Waals surface area contributed by atoms with Crippen LogP contribution in [0.4, 0.5) is 0 Å². The lowest BCUT2D eigenvalue weighted by Gasteiger charge is -2.42. The van der Waals surface area contributed by atoms with E-state index < -0.39 is 5.60 Å². The number of pyridine rings is 1. The summed E-state index contributed by atoms with van der Waals surface area (Å²) in [6.07, 6.45) is 2.83. The van der Waals surface area contributed by atoms with Crippen molar-refractivity contribution in [3.8, 4) is 0 Å². The molecule has 1 aliphatic heterocycles. The molecule has 134 valence electrons. The molecule has 1 atom stereocenters. The van der Waals surface area contributed by atoms with Gasteiger partial charge in [0, 0.05) is 32.6 Å². The number of fused-ring (bicyclic) bond motifs is 1. The molecular formula is C18H23N3O4. The molecule has 2 aromatic rings. The zero-order chi connectivity index (χ0) is 18.2. The first-order valence-corrected chi connectivity index (χ1v) is 8.25. The highest BCUT2D eigenvalue weighted by atomic mass is 16.5. The topological polar surface area (TPSA) is 73.1 Å². The van der Waals surface area contributed by atoms with Crippen LogP contribution in [0.3, 0.4) is 0 Å². The molecule has 3 rings (SSSR count). The van der Waals surface area contributed by atoms with Gasteiger partial charge in [-0.3, -0.25) is 14.0 Å². The molecule has 0 N–H and O–H groups in total. The van der Waals surface area contributed by atoms with E-state index in [0.717, 1.165) is 5.56 Å². The van der Waals surface area contributed by atoms with Crippen LogP contribution in [-0.2, 0) is 9.47 Å². The van der Waals surface area contributed by atoms with E-state index in [9.17, 15) is 9.59 Å². The molecule has 0 radical (unpaired) electrons. The van der Waals surface area contributed by atoms with Crippen LogP contribution in [0.25, 0.3) is 5.65 Å². The van der Waals surface area contributed by atoms with E-state index in [-0.39, 0.29) is 23.1 Å². The lowest BCUT2D eigenvalue weighted by atomic mass is 10.0. The first kappa shape index (κ1) is 17.6. The number of hydrogen-bond acceptors (Lipinski definition) is 5. The van der Waals surface area contributed by atoms with Crippen LogP contribution in [0.15, 0.2) is 29.3 Å². The molecule has 1 aliphatic rings. The van der Waals surface area contributed by atoms with Crippen LogP contribution < -0.4 is 5.56 Å². The van der Waals surface area contributed by atoms with Gasteiger partial charge in [0.05, 0.1) is 18.3 Å². The average Bonchev–Trinajstić information content (AvgIpc) is 2.54. The van der Waals surface area contributed by atoms with Crippen molar-refractivity contribution < 1.29 is 14.3 Å². The van der Waals surface area contributed by atoms with Crippen molar-refractivity contribution in [2.24, 2.45) is 0 Å². The SMILES string of the molecule is COC[C@H]1CN(C(=O)c2cnc3ccc(C)cn3c2=O)CC(C)(C)O1. The summed E-state index contributed by atoms with van der Waals surface area (Å²) in [6, 6.07) is 3.64. The van der Waals surface area contributed by atoms with Crippen LogP contribution in [0.2, 0.25) is 0 Å². The van der Waals surface area contributed by atoms with Gasteiger partial charge >= 0.3 is 0 Å². The summed E-state index contributed by atoms with van der Waals surface area (Å²) in [5.74, 6) is -0.328. The summed E-state index contributed by atoms with van der Waals surface area (Å²) in [7, 11) is 1.60. The molecule has 0 aromatic carbocycles. The highest BCUT2D eigenvalue weighted by Crippen LogP contribution is 2.22. The molecule has 7 heteroatoms. The number of nitrogens with zero attached hydrogens (tertiary/aromatic N) is 3. The molecule has 1 fully saturated rings. The van der Waals surface area contributed by atoms with Gasteiger partial charge in [0.1, 0.15) is 11.2 Å². The molecule has 3 heterocycles. The maximum absolute atomic E-state index is 13.0. The first-order valence-electron chi connectivity index (χ1n) is 8.25. The molecule has 25 heavy (non-hydrogen) atoms. The molecule has 1 amide bonds. The zero-order valence-electron chi connectivity index (χ0n) is 15.0. The molecule has 1 saturated heterocycles. The van der Waals surface area contributed by atoms with E-state index in [1.54, 1.807) is 24.3 Å². The second-order valence-corrected chi connectivity index (χ2v) is 7.05. The third-order valence-corrected chi connectivity index (χ3v) is 4.20. The normalized spacial score (nSPS) is 20.0. The predicted molar refractivity (Wildman–Crippen MR) is 92.9 cm³/mol. The number of methoxy groups -OCH3 is 1. The Bertz CT molecular complexity index is 859. The number of aromatic nitrogens is 2. The largest absolute Gasteiger partial charge is 0.382 e. The third-order valence-electron chi connectivity index (χ3n) is 4.20. The summed E-state index contributed by atoms with van der Waals surface area (Å²) < 4.78 is 12.5. The van der Waals surface area contributed by atoms with Crippen molar-refractivity contribution in [3.63, 3.8) is 0 Å². The number of ether oxygens (including phenoxy) is 2. The van der Waals surface area contributed by atoms with Crippen molar-refractivity contribution in [2.75, 3.05) is 26.8 Å². The van der Waals surface area contributed by atoms with Gasteiger partial charge in [-0.15, -0.1) is 0 Å². The summed E-state index contributed by atoms with van der Waals surface area (Å²) in [5.41, 5.74) is 0.650. The van der Waals surface area contributed by atoms with E-state index in [1.165, 1.54) is 10.6 Å². The van der Waals surface area contributed by atoms with Gasteiger partial charge < -0.3 is 14.4 Å². The van der Waals surface area contributed by atoms with Crippen molar-refractivity contribution >= 4 is 11.6 Å². The number of carbonyl (C=O) groups excluding carboxylic acids is 1. The minimum absolute atomic E-state index is 0.0666. The molecule has 0 aliphatic carbocycles. The Hall–Kier alpha value is -2.25. The Balaban J connectivity index is 1.96. The minimum Gasteiger partial charge on any atom is -0.382 e. The molecule has 0 bridgehead atoms. The summed E-state index contributed by atoms with van der Waals surface area (Å²) in [6.45, 7) is 6.91. The third kappa shape index (κ3) is 3.57. The van der Waals surface area contributed by atoms with Crippen LogP contribution in [-0.4, -0.2) is 58.7 Å². The van der Waals surface area contributed by atoms with Crippen LogP contribution >= 0.6 is 0 Å². The summed E-state index contributed by atoms with van der Waals surface area (Å²) >= 11 is 0. The number of morpholine rings is 1. The van der Waals surface area contributed by atoms with Gasteiger partial charge in [0.25, 0.3) is 11.5 Å². The molecule has 7 nitrogen and oxygen atoms in total.